The van der Waals surface area contributed by atoms with Gasteiger partial charge in [0.05, 0.1) is 6.61 Å². The van der Waals surface area contributed by atoms with Crippen molar-refractivity contribution in [2.24, 2.45) is 0 Å². The molecule has 0 aliphatic carbocycles. The van der Waals surface area contributed by atoms with Crippen LogP contribution in [0.4, 0.5) is 4.39 Å². The number of carbonyl (C=O) groups is 1. The maximum atomic E-state index is 13.0. The fourth-order valence-electron chi connectivity index (χ4n) is 1.72. The third-order valence-electron chi connectivity index (χ3n) is 2.50. The molecule has 0 unspecified atom stereocenters. The molecule has 16 heavy (non-hydrogen) atoms. The van der Waals surface area contributed by atoms with Gasteiger partial charge in [-0.25, -0.2) is 9.18 Å². The molecule has 0 saturated carbocycles. The van der Waals surface area contributed by atoms with Crippen molar-refractivity contribution in [3.8, 4) is 0 Å². The smallest absolute Gasteiger partial charge is 0.355 e. The Hall–Kier alpha value is -1.84. The Morgan fingerprint density at radius 1 is 1.50 bits per heavy atom. The van der Waals surface area contributed by atoms with Crippen LogP contribution in [0, 0.1) is 12.7 Å². The molecule has 2 rings (SSSR count). The number of halogens is 1. The van der Waals surface area contributed by atoms with Gasteiger partial charge in [-0.1, -0.05) is 0 Å². The van der Waals surface area contributed by atoms with E-state index in [0.717, 1.165) is 10.9 Å². The third kappa shape index (κ3) is 1.66. The Morgan fingerprint density at radius 2 is 2.25 bits per heavy atom. The summed E-state index contributed by atoms with van der Waals surface area (Å²) in [6, 6.07) is 4.39. The van der Waals surface area contributed by atoms with Crippen molar-refractivity contribution in [2.75, 3.05) is 6.61 Å². The molecule has 4 heteroatoms. The molecule has 1 aromatic carbocycles. The molecule has 84 valence electrons. The van der Waals surface area contributed by atoms with E-state index >= 15 is 0 Å². The predicted molar refractivity (Wildman–Crippen MR) is 59.0 cm³/mol. The van der Waals surface area contributed by atoms with Crippen molar-refractivity contribution in [3.05, 3.63) is 35.3 Å². The topological polar surface area (TPSA) is 42.1 Å². The van der Waals surface area contributed by atoms with Gasteiger partial charge in [0, 0.05) is 10.9 Å². The first-order valence-electron chi connectivity index (χ1n) is 5.08. The Bertz CT molecular complexity index is 545. The molecule has 0 atom stereocenters. The maximum Gasteiger partial charge on any atom is 0.355 e. The highest BCUT2D eigenvalue weighted by Gasteiger charge is 2.15. The molecule has 0 radical (unpaired) electrons. The SMILES string of the molecule is CCOC(=O)c1[nH]c2cc(F)ccc2c1C. The number of rotatable bonds is 2. The van der Waals surface area contributed by atoms with Gasteiger partial charge in [-0.2, -0.15) is 0 Å². The van der Waals surface area contributed by atoms with Crippen molar-refractivity contribution >= 4 is 16.9 Å². The van der Waals surface area contributed by atoms with Crippen LogP contribution < -0.4 is 0 Å². The highest BCUT2D eigenvalue weighted by Crippen LogP contribution is 2.22. The fraction of sp³-hybridized carbons (Fsp3) is 0.250. The van der Waals surface area contributed by atoms with E-state index < -0.39 is 5.97 Å². The van der Waals surface area contributed by atoms with Crippen LogP contribution in [0.3, 0.4) is 0 Å². The summed E-state index contributed by atoms with van der Waals surface area (Å²) in [4.78, 5) is 14.4. The van der Waals surface area contributed by atoms with Gasteiger partial charge in [0.2, 0.25) is 0 Å². The van der Waals surface area contributed by atoms with Crippen molar-refractivity contribution < 1.29 is 13.9 Å². The number of aryl methyl sites for hydroxylation is 1. The molecule has 1 heterocycles. The zero-order valence-corrected chi connectivity index (χ0v) is 9.13. The highest BCUT2D eigenvalue weighted by atomic mass is 19.1. The highest BCUT2D eigenvalue weighted by molar-refractivity contribution is 5.98. The average molecular weight is 221 g/mol. The van der Waals surface area contributed by atoms with Gasteiger partial charge in [0.25, 0.3) is 0 Å². The Balaban J connectivity index is 2.55. The quantitative estimate of drug-likeness (QED) is 0.792. The van der Waals surface area contributed by atoms with Crippen molar-refractivity contribution in [3.63, 3.8) is 0 Å². The Labute approximate surface area is 92.2 Å². The van der Waals surface area contributed by atoms with Crippen LogP contribution in [0.1, 0.15) is 23.0 Å². The molecule has 0 spiro atoms. The van der Waals surface area contributed by atoms with Crippen LogP contribution in [-0.4, -0.2) is 17.6 Å². The number of esters is 1. The van der Waals surface area contributed by atoms with Crippen LogP contribution in [0.2, 0.25) is 0 Å². The normalized spacial score (nSPS) is 10.7. The van der Waals surface area contributed by atoms with Crippen LogP contribution in [0.5, 0.6) is 0 Å². The second-order valence-electron chi connectivity index (χ2n) is 3.54. The Morgan fingerprint density at radius 3 is 2.94 bits per heavy atom. The lowest BCUT2D eigenvalue weighted by atomic mass is 10.1. The fourth-order valence-corrected chi connectivity index (χ4v) is 1.72. The van der Waals surface area contributed by atoms with Crippen molar-refractivity contribution in [2.45, 2.75) is 13.8 Å². The van der Waals surface area contributed by atoms with E-state index in [4.69, 9.17) is 4.74 Å². The first-order chi connectivity index (χ1) is 7.63. The molecule has 1 N–H and O–H groups in total. The molecule has 0 fully saturated rings. The number of aromatic nitrogens is 1. The summed E-state index contributed by atoms with van der Waals surface area (Å²) >= 11 is 0. The van der Waals surface area contributed by atoms with Gasteiger partial charge in [0.15, 0.2) is 0 Å². The summed E-state index contributed by atoms with van der Waals surface area (Å²) in [5.41, 5.74) is 1.79. The van der Waals surface area contributed by atoms with E-state index in [1.54, 1.807) is 13.0 Å². The van der Waals surface area contributed by atoms with Crippen molar-refractivity contribution in [1.29, 1.82) is 0 Å². The van der Waals surface area contributed by atoms with E-state index in [0.29, 0.717) is 17.8 Å². The summed E-state index contributed by atoms with van der Waals surface area (Å²) in [6.45, 7) is 3.88. The van der Waals surface area contributed by atoms with Gasteiger partial charge >= 0.3 is 5.97 Å². The van der Waals surface area contributed by atoms with Crippen molar-refractivity contribution in [1.82, 2.24) is 4.98 Å². The van der Waals surface area contributed by atoms with E-state index in [9.17, 15) is 9.18 Å². The first-order valence-corrected chi connectivity index (χ1v) is 5.08. The van der Waals surface area contributed by atoms with Gasteiger partial charge in [-0.3, -0.25) is 0 Å². The molecule has 1 aromatic heterocycles. The predicted octanol–water partition coefficient (Wildman–Crippen LogP) is 2.79. The number of benzene rings is 1. The second kappa shape index (κ2) is 3.96. The molecular formula is C12H12FNO2. The zero-order chi connectivity index (χ0) is 11.7. The zero-order valence-electron chi connectivity index (χ0n) is 9.13. The number of aromatic amines is 1. The van der Waals surface area contributed by atoms with Gasteiger partial charge in [-0.15, -0.1) is 0 Å². The number of nitrogens with one attached hydrogen (secondary N) is 1. The van der Waals surface area contributed by atoms with Crippen LogP contribution in [-0.2, 0) is 4.74 Å². The van der Waals surface area contributed by atoms with E-state index in [1.807, 2.05) is 6.92 Å². The van der Waals surface area contributed by atoms with E-state index in [-0.39, 0.29) is 5.82 Å². The van der Waals surface area contributed by atoms with Crippen LogP contribution in [0.25, 0.3) is 10.9 Å². The number of ether oxygens (including phenoxy) is 1. The molecule has 0 amide bonds. The van der Waals surface area contributed by atoms with E-state index in [1.165, 1.54) is 12.1 Å². The molecule has 0 aliphatic rings. The average Bonchev–Trinajstić information content (AvgIpc) is 2.56. The molecule has 0 saturated heterocycles. The summed E-state index contributed by atoms with van der Waals surface area (Å²) in [5.74, 6) is -0.735. The number of carbonyl (C=O) groups excluding carboxylic acids is 1. The number of hydrogen-bond donors (Lipinski definition) is 1. The van der Waals surface area contributed by atoms with Gasteiger partial charge in [-0.05, 0) is 37.6 Å². The van der Waals surface area contributed by atoms with E-state index in [2.05, 4.69) is 4.98 Å². The summed E-state index contributed by atoms with van der Waals surface area (Å²) in [7, 11) is 0. The lowest BCUT2D eigenvalue weighted by Crippen LogP contribution is -2.06. The van der Waals surface area contributed by atoms with Gasteiger partial charge < -0.3 is 9.72 Å². The minimum Gasteiger partial charge on any atom is -0.461 e. The van der Waals surface area contributed by atoms with Gasteiger partial charge in [0.1, 0.15) is 11.5 Å². The second-order valence-corrected chi connectivity index (χ2v) is 3.54. The largest absolute Gasteiger partial charge is 0.461 e. The molecule has 0 bridgehead atoms. The third-order valence-corrected chi connectivity index (χ3v) is 2.50. The number of H-pyrrole nitrogens is 1. The van der Waals surface area contributed by atoms with Crippen LogP contribution >= 0.6 is 0 Å². The summed E-state index contributed by atoms with van der Waals surface area (Å²) in [6.07, 6.45) is 0. The molecular weight excluding hydrogens is 209 g/mol. The number of hydrogen-bond acceptors (Lipinski definition) is 2. The standard InChI is InChI=1S/C12H12FNO2/c1-3-16-12(15)11-7(2)9-5-4-8(13)6-10(9)14-11/h4-6,14H,3H2,1-2H3. The Kier molecular flexibility index (Phi) is 2.64. The minimum atomic E-state index is -0.406. The number of fused-ring (bicyclic) bond motifs is 1. The molecule has 2 aromatic rings. The maximum absolute atomic E-state index is 13.0. The molecule has 0 aliphatic heterocycles. The monoisotopic (exact) mass is 221 g/mol. The summed E-state index contributed by atoms with van der Waals surface area (Å²) < 4.78 is 17.9. The molecule has 3 nitrogen and oxygen atoms in total. The minimum absolute atomic E-state index is 0.321. The lowest BCUT2D eigenvalue weighted by Gasteiger charge is -1.99. The lowest BCUT2D eigenvalue weighted by molar-refractivity contribution is 0.0520. The van der Waals surface area contributed by atoms with Crippen LogP contribution in [0.15, 0.2) is 18.2 Å². The first kappa shape index (κ1) is 10.7. The summed E-state index contributed by atoms with van der Waals surface area (Å²) in [5, 5.41) is 0.837.